The van der Waals surface area contributed by atoms with Gasteiger partial charge in [0.25, 0.3) is 0 Å². The van der Waals surface area contributed by atoms with Crippen molar-refractivity contribution in [3.63, 3.8) is 0 Å². The fourth-order valence-electron chi connectivity index (χ4n) is 4.68. The average molecular weight is 293 g/mol. The van der Waals surface area contributed by atoms with E-state index in [4.69, 9.17) is 0 Å². The van der Waals surface area contributed by atoms with Gasteiger partial charge in [0, 0.05) is 17.3 Å². The standard InChI is InChI=1S/C18H19N3O/c22-16(18-9-17(10-18,11-18)13-7-19-8-13)21-14-3-4-15-12(6-14)2-1-5-20-15/h1-6,13,19H,7-11H2,(H,21,22). The van der Waals surface area contributed by atoms with E-state index in [1.165, 1.54) is 0 Å². The van der Waals surface area contributed by atoms with Crippen molar-refractivity contribution in [1.82, 2.24) is 10.3 Å². The van der Waals surface area contributed by atoms with Gasteiger partial charge in [0.1, 0.15) is 0 Å². The summed E-state index contributed by atoms with van der Waals surface area (Å²) in [5.74, 6) is 1.03. The van der Waals surface area contributed by atoms with Crippen LogP contribution >= 0.6 is 0 Å². The third kappa shape index (κ3) is 1.56. The lowest BCUT2D eigenvalue weighted by atomic mass is 9.31. The number of aromatic nitrogens is 1. The lowest BCUT2D eigenvalue weighted by Crippen LogP contribution is -2.73. The van der Waals surface area contributed by atoms with Crippen molar-refractivity contribution in [2.45, 2.75) is 19.3 Å². The van der Waals surface area contributed by atoms with Crippen molar-refractivity contribution in [3.05, 3.63) is 36.5 Å². The lowest BCUT2D eigenvalue weighted by Gasteiger charge is -2.73. The number of hydrogen-bond acceptors (Lipinski definition) is 3. The van der Waals surface area contributed by atoms with Gasteiger partial charge in [-0.2, -0.15) is 0 Å². The summed E-state index contributed by atoms with van der Waals surface area (Å²) in [5.41, 5.74) is 2.27. The van der Waals surface area contributed by atoms with Crippen LogP contribution in [0, 0.1) is 16.7 Å². The summed E-state index contributed by atoms with van der Waals surface area (Å²) in [7, 11) is 0. The van der Waals surface area contributed by atoms with E-state index in [0.29, 0.717) is 5.41 Å². The molecular formula is C18H19N3O. The molecule has 1 saturated heterocycles. The molecule has 3 aliphatic carbocycles. The molecule has 4 nitrogen and oxygen atoms in total. The van der Waals surface area contributed by atoms with Crippen LogP contribution in [0.3, 0.4) is 0 Å². The maximum atomic E-state index is 12.6. The van der Waals surface area contributed by atoms with Gasteiger partial charge in [-0.15, -0.1) is 0 Å². The largest absolute Gasteiger partial charge is 0.326 e. The molecule has 1 aromatic heterocycles. The van der Waals surface area contributed by atoms with Gasteiger partial charge in [-0.25, -0.2) is 0 Å². The van der Waals surface area contributed by atoms with E-state index in [9.17, 15) is 4.79 Å². The van der Waals surface area contributed by atoms with Crippen LogP contribution in [0.15, 0.2) is 36.5 Å². The minimum absolute atomic E-state index is 0.0700. The van der Waals surface area contributed by atoms with Crippen molar-refractivity contribution in [2.24, 2.45) is 16.7 Å². The van der Waals surface area contributed by atoms with E-state index in [1.807, 2.05) is 30.3 Å². The highest BCUT2D eigenvalue weighted by Gasteiger charge is 2.73. The Labute approximate surface area is 129 Å². The lowest BCUT2D eigenvalue weighted by molar-refractivity contribution is -0.232. The quantitative estimate of drug-likeness (QED) is 0.914. The monoisotopic (exact) mass is 293 g/mol. The average Bonchev–Trinajstić information content (AvgIpc) is 2.38. The Hall–Kier alpha value is -1.94. The van der Waals surface area contributed by atoms with Crippen LogP contribution in [-0.4, -0.2) is 24.0 Å². The highest BCUT2D eigenvalue weighted by Crippen LogP contribution is 2.76. The molecule has 4 aliphatic rings. The normalized spacial score (nSPS) is 32.7. The van der Waals surface area contributed by atoms with E-state index in [0.717, 1.165) is 54.9 Å². The number of nitrogens with one attached hydrogen (secondary N) is 2. The molecular weight excluding hydrogens is 274 g/mol. The van der Waals surface area contributed by atoms with E-state index in [2.05, 4.69) is 15.6 Å². The topological polar surface area (TPSA) is 54.0 Å². The smallest absolute Gasteiger partial charge is 0.230 e. The zero-order chi connectivity index (χ0) is 14.8. The Bertz CT molecular complexity index is 761. The molecule has 6 rings (SSSR count). The Balaban J connectivity index is 1.31. The van der Waals surface area contributed by atoms with Gasteiger partial charge in [-0.1, -0.05) is 6.07 Å². The number of nitrogens with zero attached hydrogens (tertiary/aromatic N) is 1. The Morgan fingerprint density at radius 2 is 2.05 bits per heavy atom. The number of fused-ring (bicyclic) bond motifs is 1. The minimum atomic E-state index is -0.0700. The van der Waals surface area contributed by atoms with Crippen LogP contribution in [-0.2, 0) is 4.79 Å². The van der Waals surface area contributed by atoms with Crippen molar-refractivity contribution in [3.8, 4) is 0 Å². The summed E-state index contributed by atoms with van der Waals surface area (Å²) in [4.78, 5) is 16.9. The molecule has 4 fully saturated rings. The molecule has 1 amide bonds. The first-order chi connectivity index (χ1) is 10.7. The Kier molecular flexibility index (Phi) is 2.33. The van der Waals surface area contributed by atoms with Gasteiger partial charge >= 0.3 is 0 Å². The van der Waals surface area contributed by atoms with Crippen LogP contribution in [0.4, 0.5) is 5.69 Å². The molecule has 4 heteroatoms. The fourth-order valence-corrected chi connectivity index (χ4v) is 4.68. The molecule has 0 spiro atoms. The third-order valence-corrected chi connectivity index (χ3v) is 6.06. The van der Waals surface area contributed by atoms with Gasteiger partial charge in [0.05, 0.1) is 10.9 Å². The molecule has 1 aromatic carbocycles. The predicted octanol–water partition coefficient (Wildman–Crippen LogP) is 2.56. The van der Waals surface area contributed by atoms with Crippen LogP contribution in [0.1, 0.15) is 19.3 Å². The molecule has 2 aromatic rings. The number of anilines is 1. The maximum absolute atomic E-state index is 12.6. The summed E-state index contributed by atoms with van der Waals surface area (Å²) in [5, 5.41) is 7.54. The highest BCUT2D eigenvalue weighted by atomic mass is 16.2. The van der Waals surface area contributed by atoms with Gasteiger partial charge in [0.2, 0.25) is 5.91 Å². The van der Waals surface area contributed by atoms with Crippen molar-refractivity contribution >= 4 is 22.5 Å². The second-order valence-corrected chi connectivity index (χ2v) is 7.39. The van der Waals surface area contributed by atoms with E-state index < -0.39 is 0 Å². The van der Waals surface area contributed by atoms with E-state index in [-0.39, 0.29) is 11.3 Å². The van der Waals surface area contributed by atoms with Gasteiger partial charge < -0.3 is 10.6 Å². The van der Waals surface area contributed by atoms with Crippen molar-refractivity contribution < 1.29 is 4.79 Å². The second-order valence-electron chi connectivity index (χ2n) is 7.39. The molecule has 2 heterocycles. The summed E-state index contributed by atoms with van der Waals surface area (Å²) >= 11 is 0. The van der Waals surface area contributed by atoms with Gasteiger partial charge in [0.15, 0.2) is 0 Å². The summed E-state index contributed by atoms with van der Waals surface area (Å²) in [6.07, 6.45) is 5.06. The fraction of sp³-hybridized carbons (Fsp3) is 0.444. The van der Waals surface area contributed by atoms with Gasteiger partial charge in [-0.05, 0) is 68.0 Å². The number of hydrogen-bond donors (Lipinski definition) is 2. The maximum Gasteiger partial charge on any atom is 0.230 e. The minimum Gasteiger partial charge on any atom is -0.326 e. The Morgan fingerprint density at radius 3 is 2.77 bits per heavy atom. The first kappa shape index (κ1) is 12.6. The molecule has 1 aliphatic heterocycles. The zero-order valence-electron chi connectivity index (χ0n) is 12.4. The molecule has 2 bridgehead atoms. The summed E-state index contributed by atoms with van der Waals surface area (Å²) in [6.45, 7) is 2.30. The molecule has 0 atom stereocenters. The van der Waals surface area contributed by atoms with Crippen molar-refractivity contribution in [2.75, 3.05) is 18.4 Å². The molecule has 112 valence electrons. The Morgan fingerprint density at radius 1 is 1.23 bits per heavy atom. The molecule has 0 radical (unpaired) electrons. The van der Waals surface area contributed by atoms with Crippen LogP contribution in [0.5, 0.6) is 0 Å². The van der Waals surface area contributed by atoms with E-state index in [1.54, 1.807) is 6.20 Å². The van der Waals surface area contributed by atoms with Crippen LogP contribution in [0.2, 0.25) is 0 Å². The molecule has 2 N–H and O–H groups in total. The first-order valence-corrected chi connectivity index (χ1v) is 8.06. The number of pyridine rings is 1. The summed E-state index contributed by atoms with van der Waals surface area (Å²) in [6, 6.07) is 9.87. The predicted molar refractivity (Wildman–Crippen MR) is 85.4 cm³/mol. The second kappa shape index (κ2) is 4.07. The molecule has 3 saturated carbocycles. The number of amides is 1. The van der Waals surface area contributed by atoms with Crippen molar-refractivity contribution in [1.29, 1.82) is 0 Å². The number of benzene rings is 1. The molecule has 0 unspecified atom stereocenters. The summed E-state index contributed by atoms with van der Waals surface area (Å²) < 4.78 is 0. The van der Waals surface area contributed by atoms with Crippen LogP contribution < -0.4 is 10.6 Å². The third-order valence-electron chi connectivity index (χ3n) is 6.06. The molecule has 22 heavy (non-hydrogen) atoms. The number of carbonyl (C=O) groups excluding carboxylic acids is 1. The first-order valence-electron chi connectivity index (χ1n) is 8.06. The van der Waals surface area contributed by atoms with Gasteiger partial charge in [-0.3, -0.25) is 9.78 Å². The van der Waals surface area contributed by atoms with E-state index >= 15 is 0 Å². The number of carbonyl (C=O) groups is 1. The van der Waals surface area contributed by atoms with Crippen LogP contribution in [0.25, 0.3) is 10.9 Å². The SMILES string of the molecule is O=C(Nc1ccc2ncccc2c1)C12CC(C3CNC3)(C1)C2. The highest BCUT2D eigenvalue weighted by molar-refractivity contribution is 5.99. The zero-order valence-corrected chi connectivity index (χ0v) is 12.4. The number of rotatable bonds is 3.